The van der Waals surface area contributed by atoms with Crippen LogP contribution >= 0.6 is 0 Å². The largest absolute Gasteiger partial charge is 0.508 e. The highest BCUT2D eigenvalue weighted by Gasteiger charge is 2.28. The average molecular weight is 355 g/mol. The Hall–Kier alpha value is -2.53. The van der Waals surface area contributed by atoms with Gasteiger partial charge in [-0.15, -0.1) is 0 Å². The Balaban J connectivity index is 1.73. The molecule has 5 nitrogen and oxygen atoms in total. The number of carbonyl (C=O) groups is 1. The van der Waals surface area contributed by atoms with Gasteiger partial charge in [0.2, 0.25) is 0 Å². The molecule has 1 atom stereocenters. The van der Waals surface area contributed by atoms with Crippen LogP contribution in [0.5, 0.6) is 17.2 Å². The Labute approximate surface area is 154 Å². The Morgan fingerprint density at radius 1 is 1.19 bits per heavy atom. The van der Waals surface area contributed by atoms with Crippen molar-refractivity contribution >= 4 is 5.78 Å². The molecule has 0 aliphatic carbocycles. The van der Waals surface area contributed by atoms with E-state index >= 15 is 0 Å². The van der Waals surface area contributed by atoms with Gasteiger partial charge in [-0.3, -0.25) is 9.69 Å². The summed E-state index contributed by atoms with van der Waals surface area (Å²) < 4.78 is 10.6. The van der Waals surface area contributed by atoms with Crippen molar-refractivity contribution in [2.24, 2.45) is 5.92 Å². The van der Waals surface area contributed by atoms with Crippen LogP contribution in [0.25, 0.3) is 0 Å². The van der Waals surface area contributed by atoms with Crippen molar-refractivity contribution in [2.45, 2.75) is 19.4 Å². The predicted molar refractivity (Wildman–Crippen MR) is 100.0 cm³/mol. The van der Waals surface area contributed by atoms with Crippen LogP contribution in [0, 0.1) is 5.92 Å². The van der Waals surface area contributed by atoms with Gasteiger partial charge in [0, 0.05) is 30.6 Å². The van der Waals surface area contributed by atoms with Crippen LogP contribution in [0.2, 0.25) is 0 Å². The maximum absolute atomic E-state index is 13.0. The molecule has 0 radical (unpaired) electrons. The molecule has 0 bridgehead atoms. The summed E-state index contributed by atoms with van der Waals surface area (Å²) in [5.41, 5.74) is 1.49. The van der Waals surface area contributed by atoms with Crippen LogP contribution in [0.1, 0.15) is 28.8 Å². The first-order valence-corrected chi connectivity index (χ1v) is 8.88. The lowest BCUT2D eigenvalue weighted by atomic mass is 9.89. The number of ether oxygens (including phenoxy) is 2. The van der Waals surface area contributed by atoms with Crippen molar-refractivity contribution in [1.29, 1.82) is 0 Å². The molecule has 1 saturated heterocycles. The van der Waals surface area contributed by atoms with E-state index in [4.69, 9.17) is 9.47 Å². The molecule has 1 N–H and O–H groups in total. The summed E-state index contributed by atoms with van der Waals surface area (Å²) in [6.45, 7) is 2.26. The Kier molecular flexibility index (Phi) is 5.78. The van der Waals surface area contributed by atoms with Crippen LogP contribution in [0.3, 0.4) is 0 Å². The van der Waals surface area contributed by atoms with Gasteiger partial charge in [-0.1, -0.05) is 18.2 Å². The molecule has 1 aliphatic heterocycles. The van der Waals surface area contributed by atoms with Crippen LogP contribution in [-0.4, -0.2) is 43.1 Å². The summed E-state index contributed by atoms with van der Waals surface area (Å²) in [6, 6.07) is 12.7. The summed E-state index contributed by atoms with van der Waals surface area (Å²) in [6.07, 6.45) is 1.83. The maximum atomic E-state index is 13.0. The number of rotatable bonds is 6. The van der Waals surface area contributed by atoms with E-state index in [0.717, 1.165) is 24.9 Å². The number of hydrogen-bond donors (Lipinski definition) is 1. The van der Waals surface area contributed by atoms with Gasteiger partial charge in [0.1, 0.15) is 17.2 Å². The van der Waals surface area contributed by atoms with Crippen molar-refractivity contribution in [3.63, 3.8) is 0 Å². The first-order chi connectivity index (χ1) is 12.6. The fourth-order valence-electron chi connectivity index (χ4n) is 3.52. The number of carbonyl (C=O) groups excluding carboxylic acids is 1. The molecule has 1 heterocycles. The van der Waals surface area contributed by atoms with Crippen LogP contribution in [0.15, 0.2) is 42.5 Å². The molecule has 0 spiro atoms. The second-order valence-electron chi connectivity index (χ2n) is 6.63. The van der Waals surface area contributed by atoms with E-state index in [1.165, 1.54) is 0 Å². The SMILES string of the molecule is COc1ccc(C(=O)[C@@H]2CCCN(Cc3ccccc3O)C2)c(OC)c1. The lowest BCUT2D eigenvalue weighted by Crippen LogP contribution is -2.38. The number of aromatic hydroxyl groups is 1. The summed E-state index contributed by atoms with van der Waals surface area (Å²) >= 11 is 0. The van der Waals surface area contributed by atoms with Crippen LogP contribution in [-0.2, 0) is 6.54 Å². The smallest absolute Gasteiger partial charge is 0.170 e. The number of phenolic OH excluding ortho intramolecular Hbond substituents is 1. The monoisotopic (exact) mass is 355 g/mol. The molecule has 0 unspecified atom stereocenters. The quantitative estimate of drug-likeness (QED) is 0.804. The highest BCUT2D eigenvalue weighted by Crippen LogP contribution is 2.30. The summed E-state index contributed by atoms with van der Waals surface area (Å²) in [5, 5.41) is 9.99. The van der Waals surface area contributed by atoms with Crippen LogP contribution in [0.4, 0.5) is 0 Å². The average Bonchev–Trinajstić information content (AvgIpc) is 2.69. The fourth-order valence-corrected chi connectivity index (χ4v) is 3.52. The van der Waals surface area contributed by atoms with Crippen molar-refractivity contribution in [2.75, 3.05) is 27.3 Å². The first-order valence-electron chi connectivity index (χ1n) is 8.88. The molecule has 2 aromatic carbocycles. The topological polar surface area (TPSA) is 59.0 Å². The van der Waals surface area contributed by atoms with Gasteiger partial charge in [0.15, 0.2) is 5.78 Å². The molecular formula is C21H25NO4. The number of likely N-dealkylation sites (tertiary alicyclic amines) is 1. The van der Waals surface area contributed by atoms with E-state index in [1.807, 2.05) is 18.2 Å². The van der Waals surface area contributed by atoms with Crippen molar-refractivity contribution in [1.82, 2.24) is 4.90 Å². The molecule has 0 aromatic heterocycles. The minimum atomic E-state index is -0.0723. The second kappa shape index (κ2) is 8.23. The second-order valence-corrected chi connectivity index (χ2v) is 6.63. The number of benzene rings is 2. The molecule has 3 rings (SSSR count). The zero-order valence-corrected chi connectivity index (χ0v) is 15.3. The van der Waals surface area contributed by atoms with Gasteiger partial charge in [0.25, 0.3) is 0 Å². The minimum absolute atomic E-state index is 0.0723. The molecule has 0 saturated carbocycles. The van der Waals surface area contributed by atoms with E-state index in [0.29, 0.717) is 35.9 Å². The summed E-state index contributed by atoms with van der Waals surface area (Å²) in [5.74, 6) is 1.55. The summed E-state index contributed by atoms with van der Waals surface area (Å²) in [7, 11) is 3.16. The lowest BCUT2D eigenvalue weighted by Gasteiger charge is -2.32. The Bertz CT molecular complexity index is 774. The van der Waals surface area contributed by atoms with Crippen molar-refractivity contribution in [3.8, 4) is 17.2 Å². The number of nitrogens with zero attached hydrogens (tertiary/aromatic N) is 1. The molecule has 1 fully saturated rings. The third kappa shape index (κ3) is 3.99. The van der Waals surface area contributed by atoms with E-state index < -0.39 is 0 Å². The number of para-hydroxylation sites is 1. The molecule has 5 heteroatoms. The van der Waals surface area contributed by atoms with E-state index in [9.17, 15) is 9.90 Å². The number of piperidine rings is 1. The standard InChI is InChI=1S/C21H25NO4/c1-25-17-9-10-18(20(12-17)26-2)21(24)16-7-5-11-22(14-16)13-15-6-3-4-8-19(15)23/h3-4,6,8-10,12,16,23H,5,7,11,13-14H2,1-2H3/t16-/m1/s1. The number of methoxy groups -OCH3 is 2. The Morgan fingerprint density at radius 3 is 2.73 bits per heavy atom. The molecule has 26 heavy (non-hydrogen) atoms. The highest BCUT2D eigenvalue weighted by atomic mass is 16.5. The molecule has 0 amide bonds. The third-order valence-corrected chi connectivity index (χ3v) is 4.94. The number of ketones is 1. The molecule has 2 aromatic rings. The molecule has 138 valence electrons. The molecule has 1 aliphatic rings. The van der Waals surface area contributed by atoms with Crippen molar-refractivity contribution in [3.05, 3.63) is 53.6 Å². The normalized spacial score (nSPS) is 17.7. The summed E-state index contributed by atoms with van der Waals surface area (Å²) in [4.78, 5) is 15.3. The zero-order valence-electron chi connectivity index (χ0n) is 15.3. The fraction of sp³-hybridized carbons (Fsp3) is 0.381. The van der Waals surface area contributed by atoms with Gasteiger partial charge in [-0.05, 0) is 37.6 Å². The van der Waals surface area contributed by atoms with Crippen LogP contribution < -0.4 is 9.47 Å². The van der Waals surface area contributed by atoms with Gasteiger partial charge in [-0.25, -0.2) is 0 Å². The lowest BCUT2D eigenvalue weighted by molar-refractivity contribution is 0.0808. The highest BCUT2D eigenvalue weighted by molar-refractivity contribution is 6.00. The number of phenols is 1. The van der Waals surface area contributed by atoms with E-state index in [2.05, 4.69) is 4.90 Å². The maximum Gasteiger partial charge on any atom is 0.170 e. The van der Waals surface area contributed by atoms with Crippen molar-refractivity contribution < 1.29 is 19.4 Å². The predicted octanol–water partition coefficient (Wildman–Crippen LogP) is 3.50. The van der Waals surface area contributed by atoms with E-state index in [-0.39, 0.29) is 11.7 Å². The zero-order chi connectivity index (χ0) is 18.5. The van der Waals surface area contributed by atoms with Gasteiger partial charge >= 0.3 is 0 Å². The van der Waals surface area contributed by atoms with E-state index in [1.54, 1.807) is 38.5 Å². The molecular weight excluding hydrogens is 330 g/mol. The van der Waals surface area contributed by atoms with Gasteiger partial charge in [-0.2, -0.15) is 0 Å². The Morgan fingerprint density at radius 2 is 2.00 bits per heavy atom. The first kappa shape index (κ1) is 18.3. The number of Topliss-reactive ketones (excluding diaryl/α,β-unsaturated/α-hetero) is 1. The van der Waals surface area contributed by atoms with Gasteiger partial charge < -0.3 is 14.6 Å². The van der Waals surface area contributed by atoms with Gasteiger partial charge in [0.05, 0.1) is 19.8 Å². The number of hydrogen-bond acceptors (Lipinski definition) is 5. The third-order valence-electron chi connectivity index (χ3n) is 4.94. The minimum Gasteiger partial charge on any atom is -0.508 e.